The number of carbonyl (C=O) groups is 1. The van der Waals surface area contributed by atoms with Gasteiger partial charge in [0.25, 0.3) is 0 Å². The summed E-state index contributed by atoms with van der Waals surface area (Å²) in [5.74, 6) is -0.481. The van der Waals surface area contributed by atoms with Gasteiger partial charge in [-0.2, -0.15) is 0 Å². The second-order valence-electron chi connectivity index (χ2n) is 0.606. The van der Waals surface area contributed by atoms with Crippen molar-refractivity contribution >= 4 is 5.91 Å². The standard InChI is InChI=1S/C3H5NO.N2/c1-2-3(4)5;1-2/h2H,1H2,(H2,4,5);. The smallest absolute Gasteiger partial charge is 0.240 e. The highest BCUT2D eigenvalue weighted by molar-refractivity contribution is 5.84. The largest absolute Gasteiger partial charge is 0.366 e. The van der Waals surface area contributed by atoms with Crippen LogP contribution < -0.4 is 5.73 Å². The normalized spacial score (nSPS) is 4.86. The highest BCUT2D eigenvalue weighted by Gasteiger charge is 1.69. The molecule has 1 amide bonds. The molecule has 0 aromatic carbocycles. The first-order valence-electron chi connectivity index (χ1n) is 1.39. The number of nitrogens with zero attached hydrogens (tertiary/aromatic N) is 2. The van der Waals surface area contributed by atoms with E-state index in [0.717, 1.165) is 6.08 Å². The molecule has 0 aliphatic carbocycles. The van der Waals surface area contributed by atoms with Gasteiger partial charge in [-0.15, -0.1) is 0 Å². The van der Waals surface area contributed by atoms with Gasteiger partial charge in [0.2, 0.25) is 5.91 Å². The molecule has 0 radical (unpaired) electrons. The molecule has 4 nitrogen and oxygen atoms in total. The molecular formula is C3H5N3O. The van der Waals surface area contributed by atoms with E-state index in [1.807, 2.05) is 0 Å². The first kappa shape index (κ1) is 9.16. The summed E-state index contributed by atoms with van der Waals surface area (Å²) in [6.45, 7) is 3.09. The summed E-state index contributed by atoms with van der Waals surface area (Å²) >= 11 is 0. The maximum absolute atomic E-state index is 9.47. The van der Waals surface area contributed by atoms with Crippen LogP contribution in [0, 0.1) is 10.8 Å². The molecule has 0 aliphatic heterocycles. The van der Waals surface area contributed by atoms with Crippen LogP contribution in [0.4, 0.5) is 0 Å². The summed E-state index contributed by atoms with van der Waals surface area (Å²) in [4.78, 5) is 9.47. The monoisotopic (exact) mass is 99.0 g/mol. The lowest BCUT2D eigenvalue weighted by Crippen LogP contribution is -2.04. The van der Waals surface area contributed by atoms with Gasteiger partial charge in [0.15, 0.2) is 0 Å². The van der Waals surface area contributed by atoms with Crippen molar-refractivity contribution in [2.24, 2.45) is 5.73 Å². The predicted octanol–water partition coefficient (Wildman–Crippen LogP) is -0.312. The zero-order chi connectivity index (χ0) is 6.28. The van der Waals surface area contributed by atoms with Crippen molar-refractivity contribution < 1.29 is 4.79 Å². The molecule has 0 aromatic rings. The first-order valence-corrected chi connectivity index (χ1v) is 1.39. The van der Waals surface area contributed by atoms with Crippen molar-refractivity contribution in [1.82, 2.24) is 0 Å². The lowest BCUT2D eigenvalue weighted by atomic mass is 10.6. The molecule has 0 spiro atoms. The number of nitrogens with two attached hydrogens (primary N) is 1. The number of hydrogen-bond acceptors (Lipinski definition) is 3. The van der Waals surface area contributed by atoms with E-state index in [4.69, 9.17) is 10.8 Å². The molecule has 0 atom stereocenters. The van der Waals surface area contributed by atoms with E-state index < -0.39 is 5.91 Å². The van der Waals surface area contributed by atoms with E-state index in [2.05, 4.69) is 12.3 Å². The Morgan fingerprint density at radius 2 is 1.86 bits per heavy atom. The molecule has 0 unspecified atom stereocenters. The fraction of sp³-hybridized carbons (Fsp3) is 0. The van der Waals surface area contributed by atoms with E-state index in [1.54, 1.807) is 0 Å². The number of rotatable bonds is 1. The molecule has 0 saturated heterocycles. The fourth-order valence-electron chi connectivity index (χ4n) is 0. The minimum atomic E-state index is -0.481. The molecule has 0 heterocycles. The van der Waals surface area contributed by atoms with Crippen LogP contribution in [0.3, 0.4) is 0 Å². The Bertz CT molecular complexity index is 85.4. The summed E-state index contributed by atoms with van der Waals surface area (Å²) in [7, 11) is 0. The molecule has 0 bridgehead atoms. The Hall–Kier alpha value is -1.37. The van der Waals surface area contributed by atoms with Crippen molar-refractivity contribution in [1.29, 1.82) is 10.8 Å². The molecule has 38 valence electrons. The van der Waals surface area contributed by atoms with Gasteiger partial charge >= 0.3 is 0 Å². The Labute approximate surface area is 41.0 Å². The SMILES string of the molecule is C=CC(N)=O.N#N. The second kappa shape index (κ2) is 8.82. The lowest BCUT2D eigenvalue weighted by molar-refractivity contribution is -0.113. The number of amides is 1. The van der Waals surface area contributed by atoms with Crippen LogP contribution in [0.2, 0.25) is 0 Å². The summed E-state index contributed by atoms with van der Waals surface area (Å²) < 4.78 is 0. The zero-order valence-electron chi connectivity index (χ0n) is 3.66. The first-order chi connectivity index (χ1) is 3.27. The molecule has 7 heavy (non-hydrogen) atoms. The van der Waals surface area contributed by atoms with Gasteiger partial charge in [0.05, 0.1) is 0 Å². The van der Waals surface area contributed by atoms with E-state index in [-0.39, 0.29) is 0 Å². The number of carbonyl (C=O) groups excluding carboxylic acids is 1. The van der Waals surface area contributed by atoms with Crippen LogP contribution in [0.5, 0.6) is 0 Å². The van der Waals surface area contributed by atoms with Crippen LogP contribution in [0.1, 0.15) is 0 Å². The molecule has 2 N–H and O–H groups in total. The van der Waals surface area contributed by atoms with Crippen LogP contribution in [0.25, 0.3) is 0 Å². The number of hydrogen-bond donors (Lipinski definition) is 1. The Kier molecular flexibility index (Phi) is 11.5. The van der Waals surface area contributed by atoms with Crippen LogP contribution >= 0.6 is 0 Å². The number of primary amides is 1. The van der Waals surface area contributed by atoms with Gasteiger partial charge in [0, 0.05) is 10.8 Å². The van der Waals surface area contributed by atoms with Crippen LogP contribution in [0.15, 0.2) is 12.7 Å². The van der Waals surface area contributed by atoms with E-state index >= 15 is 0 Å². The highest BCUT2D eigenvalue weighted by Crippen LogP contribution is 1.48. The molecule has 0 fully saturated rings. The third-order valence-electron chi connectivity index (χ3n) is 0.201. The summed E-state index contributed by atoms with van der Waals surface area (Å²) in [6.07, 6.45) is 1.06. The van der Waals surface area contributed by atoms with Gasteiger partial charge in [-0.05, 0) is 6.08 Å². The van der Waals surface area contributed by atoms with Crippen LogP contribution in [-0.2, 0) is 4.79 Å². The van der Waals surface area contributed by atoms with Crippen molar-refractivity contribution in [3.63, 3.8) is 0 Å². The van der Waals surface area contributed by atoms with Crippen molar-refractivity contribution in [3.05, 3.63) is 12.7 Å². The Balaban J connectivity index is 0. The quantitative estimate of drug-likeness (QED) is 0.361. The molecular weight excluding hydrogens is 94.1 g/mol. The van der Waals surface area contributed by atoms with Gasteiger partial charge in [0.1, 0.15) is 0 Å². The third kappa shape index (κ3) is 80.7. The van der Waals surface area contributed by atoms with Crippen molar-refractivity contribution in [3.8, 4) is 0 Å². The fourth-order valence-corrected chi connectivity index (χ4v) is 0. The molecule has 4 heteroatoms. The summed E-state index contributed by atoms with van der Waals surface area (Å²) in [5.41, 5.74) is 4.53. The lowest BCUT2D eigenvalue weighted by Gasteiger charge is -1.65. The average molecular weight is 99.1 g/mol. The topological polar surface area (TPSA) is 90.7 Å². The Morgan fingerprint density at radius 1 is 1.71 bits per heavy atom. The van der Waals surface area contributed by atoms with Crippen molar-refractivity contribution in [2.75, 3.05) is 0 Å². The van der Waals surface area contributed by atoms with Gasteiger partial charge < -0.3 is 5.73 Å². The van der Waals surface area contributed by atoms with Gasteiger partial charge in [-0.3, -0.25) is 4.79 Å². The minimum Gasteiger partial charge on any atom is -0.366 e. The van der Waals surface area contributed by atoms with E-state index in [9.17, 15) is 4.79 Å². The highest BCUT2D eigenvalue weighted by atomic mass is 16.1. The molecule has 0 aliphatic rings. The van der Waals surface area contributed by atoms with Gasteiger partial charge in [-0.1, -0.05) is 6.58 Å². The molecule has 0 rings (SSSR count). The third-order valence-corrected chi connectivity index (χ3v) is 0.201. The Morgan fingerprint density at radius 3 is 1.86 bits per heavy atom. The average Bonchev–Trinajstić information content (AvgIpc) is 1.73. The van der Waals surface area contributed by atoms with E-state index in [0.29, 0.717) is 0 Å². The van der Waals surface area contributed by atoms with Crippen molar-refractivity contribution in [2.45, 2.75) is 0 Å². The summed E-state index contributed by atoms with van der Waals surface area (Å²) in [6, 6.07) is 0. The van der Waals surface area contributed by atoms with Gasteiger partial charge in [-0.25, -0.2) is 0 Å². The van der Waals surface area contributed by atoms with E-state index in [1.165, 1.54) is 0 Å². The van der Waals surface area contributed by atoms with Crippen LogP contribution in [-0.4, -0.2) is 5.91 Å². The zero-order valence-corrected chi connectivity index (χ0v) is 3.66. The maximum Gasteiger partial charge on any atom is 0.240 e. The predicted molar refractivity (Wildman–Crippen MR) is 22.8 cm³/mol. The maximum atomic E-state index is 9.47. The molecule has 0 saturated carbocycles. The second-order valence-corrected chi connectivity index (χ2v) is 0.606. The minimum absolute atomic E-state index is 0.481. The molecule has 0 aromatic heterocycles. The summed E-state index contributed by atoms with van der Waals surface area (Å²) in [5, 5.41) is 12.0.